The Morgan fingerprint density at radius 3 is 2.56 bits per heavy atom. The Hall–Kier alpha value is -0.920. The molecule has 2 N–H and O–H groups in total. The summed E-state index contributed by atoms with van der Waals surface area (Å²) >= 11 is 3.28. The Bertz CT molecular complexity index is 720. The van der Waals surface area contributed by atoms with Gasteiger partial charge in [-0.2, -0.15) is 0 Å². The highest BCUT2D eigenvalue weighted by atomic mass is 79.9. The van der Waals surface area contributed by atoms with Crippen LogP contribution in [0.4, 0.5) is 0 Å². The van der Waals surface area contributed by atoms with Gasteiger partial charge in [-0.1, -0.05) is 22.4 Å². The number of nitrogens with one attached hydrogen (secondary N) is 2. The molecule has 0 aromatic heterocycles. The van der Waals surface area contributed by atoms with Crippen molar-refractivity contribution in [3.05, 3.63) is 28.7 Å². The predicted octanol–water partition coefficient (Wildman–Crippen LogP) is 3.06. The molecule has 2 aliphatic rings. The number of fused-ring (bicyclic) bond motifs is 2. The fourth-order valence-electron chi connectivity index (χ4n) is 4.34. The summed E-state index contributed by atoms with van der Waals surface area (Å²) < 4.78 is 27.7. The summed E-state index contributed by atoms with van der Waals surface area (Å²) in [6, 6.07) is 6.59. The maximum atomic E-state index is 12.2. The number of hydrogen-bond donors (Lipinski definition) is 2. The van der Waals surface area contributed by atoms with Gasteiger partial charge in [0, 0.05) is 23.5 Å². The lowest BCUT2D eigenvalue weighted by atomic mass is 9.84. The Labute approximate surface area is 158 Å². The first-order valence-corrected chi connectivity index (χ1v) is 11.2. The Morgan fingerprint density at radius 1 is 1.24 bits per heavy atom. The molecule has 1 aromatic carbocycles. The first kappa shape index (κ1) is 18.9. The molecule has 2 aliphatic carbocycles. The van der Waals surface area contributed by atoms with Crippen LogP contribution < -0.4 is 10.0 Å². The minimum Gasteiger partial charge on any atom is -0.353 e. The standard InChI is InChI=1S/C18H25BrN2O3S/c1-12(17-11-13-2-3-14(17)10-13)21-18(22)8-9-20-25(23,24)16-6-4-15(19)5-7-16/h4-7,12-14,17,20H,2-3,8-11H2,1H3,(H,21,22). The van der Waals surface area contributed by atoms with Crippen molar-refractivity contribution < 1.29 is 13.2 Å². The van der Waals surface area contributed by atoms with Crippen molar-refractivity contribution in [1.82, 2.24) is 10.0 Å². The van der Waals surface area contributed by atoms with E-state index in [9.17, 15) is 13.2 Å². The molecule has 1 amide bonds. The van der Waals surface area contributed by atoms with Crippen LogP contribution in [0.25, 0.3) is 0 Å². The molecule has 0 heterocycles. The van der Waals surface area contributed by atoms with E-state index in [0.717, 1.165) is 16.3 Å². The third-order valence-electron chi connectivity index (χ3n) is 5.59. The smallest absolute Gasteiger partial charge is 0.240 e. The van der Waals surface area contributed by atoms with Crippen molar-refractivity contribution >= 4 is 31.9 Å². The van der Waals surface area contributed by atoms with Crippen molar-refractivity contribution in [1.29, 1.82) is 0 Å². The van der Waals surface area contributed by atoms with Crippen molar-refractivity contribution in [3.8, 4) is 0 Å². The average Bonchev–Trinajstić information content (AvgIpc) is 3.18. The van der Waals surface area contributed by atoms with Gasteiger partial charge in [-0.25, -0.2) is 13.1 Å². The summed E-state index contributed by atoms with van der Waals surface area (Å²) in [7, 11) is -3.57. The second kappa shape index (κ2) is 7.76. The molecule has 0 aliphatic heterocycles. The Morgan fingerprint density at radius 2 is 1.96 bits per heavy atom. The number of hydrogen-bond acceptors (Lipinski definition) is 3. The molecule has 0 saturated heterocycles. The Kier molecular flexibility index (Phi) is 5.85. The second-order valence-electron chi connectivity index (χ2n) is 7.30. The van der Waals surface area contributed by atoms with E-state index in [1.54, 1.807) is 12.1 Å². The molecule has 138 valence electrons. The van der Waals surface area contributed by atoms with Crippen LogP contribution in [0.3, 0.4) is 0 Å². The van der Waals surface area contributed by atoms with Crippen molar-refractivity contribution in [2.24, 2.45) is 17.8 Å². The maximum Gasteiger partial charge on any atom is 0.240 e. The molecule has 7 heteroatoms. The number of carbonyl (C=O) groups is 1. The summed E-state index contributed by atoms with van der Waals surface area (Å²) in [4.78, 5) is 12.3. The molecule has 25 heavy (non-hydrogen) atoms. The number of rotatable bonds is 7. The topological polar surface area (TPSA) is 75.3 Å². The fraction of sp³-hybridized carbons (Fsp3) is 0.611. The van der Waals surface area contributed by atoms with E-state index >= 15 is 0 Å². The highest BCUT2D eigenvalue weighted by Gasteiger charge is 2.42. The van der Waals surface area contributed by atoms with Crippen LogP contribution in [0.2, 0.25) is 0 Å². The SMILES string of the molecule is CC(NC(=O)CCNS(=O)(=O)c1ccc(Br)cc1)C1CC2CCC1C2. The van der Waals surface area contributed by atoms with E-state index in [1.165, 1.54) is 37.8 Å². The third kappa shape index (κ3) is 4.63. The molecular formula is C18H25BrN2O3S. The number of sulfonamides is 1. The summed E-state index contributed by atoms with van der Waals surface area (Å²) in [6.45, 7) is 2.18. The molecule has 4 unspecified atom stereocenters. The van der Waals surface area contributed by atoms with Gasteiger partial charge in [0.2, 0.25) is 15.9 Å². The third-order valence-corrected chi connectivity index (χ3v) is 7.60. The molecule has 3 rings (SSSR count). The zero-order valence-electron chi connectivity index (χ0n) is 14.4. The van der Waals surface area contributed by atoms with E-state index in [1.807, 2.05) is 0 Å². The monoisotopic (exact) mass is 428 g/mol. The van der Waals surface area contributed by atoms with Gasteiger partial charge in [0.1, 0.15) is 0 Å². The van der Waals surface area contributed by atoms with Gasteiger partial charge in [-0.05, 0) is 68.2 Å². The lowest BCUT2D eigenvalue weighted by molar-refractivity contribution is -0.122. The van der Waals surface area contributed by atoms with Crippen LogP contribution >= 0.6 is 15.9 Å². The maximum absolute atomic E-state index is 12.2. The second-order valence-corrected chi connectivity index (χ2v) is 9.98. The van der Waals surface area contributed by atoms with E-state index in [2.05, 4.69) is 32.9 Å². The van der Waals surface area contributed by atoms with Crippen molar-refractivity contribution in [2.45, 2.75) is 50.0 Å². The predicted molar refractivity (Wildman–Crippen MR) is 100 cm³/mol. The van der Waals surface area contributed by atoms with Gasteiger partial charge in [0.25, 0.3) is 0 Å². The van der Waals surface area contributed by atoms with Crippen molar-refractivity contribution in [2.75, 3.05) is 6.54 Å². The van der Waals surface area contributed by atoms with E-state index in [4.69, 9.17) is 0 Å². The van der Waals surface area contributed by atoms with Crippen LogP contribution in [-0.2, 0) is 14.8 Å². The molecule has 4 atom stereocenters. The van der Waals surface area contributed by atoms with E-state index in [0.29, 0.717) is 5.92 Å². The van der Waals surface area contributed by atoms with Crippen LogP contribution in [0.5, 0.6) is 0 Å². The largest absolute Gasteiger partial charge is 0.353 e. The highest BCUT2D eigenvalue weighted by molar-refractivity contribution is 9.10. The summed E-state index contributed by atoms with van der Waals surface area (Å²) in [5.74, 6) is 2.11. The molecule has 2 bridgehead atoms. The molecule has 0 spiro atoms. The normalized spacial score (nSPS) is 26.6. The molecule has 2 saturated carbocycles. The van der Waals surface area contributed by atoms with Crippen LogP contribution in [0.15, 0.2) is 33.6 Å². The van der Waals surface area contributed by atoms with Gasteiger partial charge >= 0.3 is 0 Å². The molecule has 0 radical (unpaired) electrons. The van der Waals surface area contributed by atoms with Gasteiger partial charge in [0.15, 0.2) is 0 Å². The Balaban J connectivity index is 1.43. The first-order valence-electron chi connectivity index (χ1n) is 8.90. The van der Waals surface area contributed by atoms with Crippen LogP contribution in [0.1, 0.15) is 39.0 Å². The summed E-state index contributed by atoms with van der Waals surface area (Å²) in [5, 5.41) is 3.06. The van der Waals surface area contributed by atoms with Crippen LogP contribution in [-0.4, -0.2) is 26.9 Å². The zero-order valence-corrected chi connectivity index (χ0v) is 16.8. The van der Waals surface area contributed by atoms with E-state index in [-0.39, 0.29) is 29.8 Å². The molecule has 2 fully saturated rings. The van der Waals surface area contributed by atoms with E-state index < -0.39 is 10.0 Å². The molecular weight excluding hydrogens is 404 g/mol. The number of carbonyl (C=O) groups excluding carboxylic acids is 1. The first-order chi connectivity index (χ1) is 11.8. The molecule has 5 nitrogen and oxygen atoms in total. The fourth-order valence-corrected chi connectivity index (χ4v) is 5.63. The zero-order chi connectivity index (χ0) is 18.0. The lowest BCUT2D eigenvalue weighted by Crippen LogP contribution is -2.41. The number of halogens is 1. The lowest BCUT2D eigenvalue weighted by Gasteiger charge is -2.28. The quantitative estimate of drug-likeness (QED) is 0.700. The average molecular weight is 429 g/mol. The number of benzene rings is 1. The van der Waals surface area contributed by atoms with Gasteiger partial charge in [0.05, 0.1) is 4.90 Å². The van der Waals surface area contributed by atoms with Gasteiger partial charge in [-0.3, -0.25) is 4.79 Å². The summed E-state index contributed by atoms with van der Waals surface area (Å²) in [6.07, 6.45) is 5.34. The number of amides is 1. The van der Waals surface area contributed by atoms with Gasteiger partial charge in [-0.15, -0.1) is 0 Å². The van der Waals surface area contributed by atoms with Crippen molar-refractivity contribution in [3.63, 3.8) is 0 Å². The van der Waals surface area contributed by atoms with Crippen LogP contribution in [0, 0.1) is 17.8 Å². The molecule has 1 aromatic rings. The highest BCUT2D eigenvalue weighted by Crippen LogP contribution is 2.49. The van der Waals surface area contributed by atoms with Gasteiger partial charge < -0.3 is 5.32 Å². The minimum absolute atomic E-state index is 0.0891. The summed E-state index contributed by atoms with van der Waals surface area (Å²) in [5.41, 5.74) is 0. The minimum atomic E-state index is -3.57.